The van der Waals surface area contributed by atoms with E-state index in [4.69, 9.17) is 11.3 Å². The molecular weight excluding hydrogens is 513 g/mol. The highest BCUT2D eigenvalue weighted by atomic mass is 32.1. The minimum atomic E-state index is -0.818. The molecule has 0 aliphatic carbocycles. The summed E-state index contributed by atoms with van der Waals surface area (Å²) in [7, 11) is 0. The Labute approximate surface area is 228 Å². The first kappa shape index (κ1) is 25.2. The van der Waals surface area contributed by atoms with Crippen molar-refractivity contribution < 1.29 is 9.13 Å². The van der Waals surface area contributed by atoms with Crippen molar-refractivity contribution in [2.75, 3.05) is 19.7 Å². The van der Waals surface area contributed by atoms with Crippen LogP contribution in [0.25, 0.3) is 36.5 Å². The number of rotatable bonds is 6. The zero-order chi connectivity index (χ0) is 26.9. The predicted molar refractivity (Wildman–Crippen MR) is 152 cm³/mol. The Morgan fingerprint density at radius 2 is 1.95 bits per heavy atom. The summed E-state index contributed by atoms with van der Waals surface area (Å²) in [6.45, 7) is 11.9. The van der Waals surface area contributed by atoms with Crippen molar-refractivity contribution in [1.82, 2.24) is 19.9 Å². The number of hydrogen-bond acceptors (Lipinski definition) is 6. The van der Waals surface area contributed by atoms with Gasteiger partial charge in [0.05, 0.1) is 31.6 Å². The van der Waals surface area contributed by atoms with E-state index in [-0.39, 0.29) is 0 Å². The third kappa shape index (κ3) is 4.89. The summed E-state index contributed by atoms with van der Waals surface area (Å²) in [4.78, 5) is 26.3. The first-order chi connectivity index (χ1) is 19.0. The van der Waals surface area contributed by atoms with Crippen LogP contribution < -0.4 is 15.6 Å². The van der Waals surface area contributed by atoms with E-state index in [1.165, 1.54) is 22.0 Å². The third-order valence-electron chi connectivity index (χ3n) is 7.32. The number of piperidine rings is 1. The number of aromatic nitrogens is 3. The van der Waals surface area contributed by atoms with Crippen LogP contribution in [0.5, 0.6) is 5.75 Å². The second kappa shape index (κ2) is 10.6. The molecule has 0 saturated carbocycles. The van der Waals surface area contributed by atoms with Gasteiger partial charge in [-0.25, -0.2) is 19.2 Å². The van der Waals surface area contributed by atoms with E-state index < -0.39 is 17.4 Å². The highest BCUT2D eigenvalue weighted by Gasteiger charge is 2.20. The van der Waals surface area contributed by atoms with Gasteiger partial charge in [0, 0.05) is 15.6 Å². The predicted octanol–water partition coefficient (Wildman–Crippen LogP) is 6.35. The second-order valence-corrected chi connectivity index (χ2v) is 10.9. The number of thiophene rings is 1. The Morgan fingerprint density at radius 1 is 1.15 bits per heavy atom. The fraction of sp³-hybridized carbons (Fsp3) is 0.267. The second-order valence-electron chi connectivity index (χ2n) is 9.83. The zero-order valence-electron chi connectivity index (χ0n) is 21.4. The van der Waals surface area contributed by atoms with Gasteiger partial charge in [0.1, 0.15) is 4.83 Å². The summed E-state index contributed by atoms with van der Waals surface area (Å²) >= 11 is 1.42. The summed E-state index contributed by atoms with van der Waals surface area (Å²) < 4.78 is 23.2. The minimum Gasteiger partial charge on any atom is -0.490 e. The van der Waals surface area contributed by atoms with Gasteiger partial charge < -0.3 is 10.1 Å². The maximum atomic E-state index is 14.9. The van der Waals surface area contributed by atoms with E-state index in [1.807, 2.05) is 37.3 Å². The van der Waals surface area contributed by atoms with Crippen LogP contribution in [0.2, 0.25) is 0 Å². The van der Waals surface area contributed by atoms with Gasteiger partial charge in [-0.15, -0.1) is 11.3 Å². The number of ether oxygens (including phenoxy) is 1. The maximum Gasteiger partial charge on any atom is 0.288 e. The van der Waals surface area contributed by atoms with Crippen LogP contribution in [0.4, 0.5) is 10.1 Å². The zero-order valence-corrected chi connectivity index (χ0v) is 22.2. The van der Waals surface area contributed by atoms with Crippen LogP contribution in [-0.4, -0.2) is 34.2 Å². The van der Waals surface area contributed by atoms with Crippen LogP contribution in [-0.2, 0) is 0 Å². The summed E-state index contributed by atoms with van der Waals surface area (Å²) in [6.07, 6.45) is 5.59. The molecule has 1 atom stereocenters. The molecule has 0 spiro atoms. The quantitative estimate of drug-likeness (QED) is 0.255. The van der Waals surface area contributed by atoms with Gasteiger partial charge in [-0.3, -0.25) is 9.36 Å². The molecule has 4 heterocycles. The molecule has 1 fully saturated rings. The molecule has 7 nitrogen and oxygen atoms in total. The first-order valence-electron chi connectivity index (χ1n) is 12.9. The summed E-state index contributed by atoms with van der Waals surface area (Å²) in [5.74, 6) is 0.907. The van der Waals surface area contributed by atoms with E-state index >= 15 is 0 Å². The SMILES string of the molecule is [C-]#[N+]c1ccc2sc3c(cc(F)c(=O)n3[C@H](C)c3cccc(-c4ncc(OCC5CCNCC5)cn4)c3)c2c1. The number of benzene rings is 2. The van der Waals surface area contributed by atoms with Gasteiger partial charge in [0.2, 0.25) is 0 Å². The summed E-state index contributed by atoms with van der Waals surface area (Å²) in [6, 6.07) is 13.8. The molecule has 2 aromatic carbocycles. The molecule has 1 saturated heterocycles. The molecule has 196 valence electrons. The van der Waals surface area contributed by atoms with E-state index in [2.05, 4.69) is 20.1 Å². The molecular formula is C30H26FN5O2S. The number of nitrogens with zero attached hydrogens (tertiary/aromatic N) is 4. The molecule has 39 heavy (non-hydrogen) atoms. The monoisotopic (exact) mass is 539 g/mol. The van der Waals surface area contributed by atoms with E-state index in [1.54, 1.807) is 24.5 Å². The van der Waals surface area contributed by atoms with Crippen LogP contribution >= 0.6 is 11.3 Å². The summed E-state index contributed by atoms with van der Waals surface area (Å²) in [5, 5.41) is 4.76. The molecule has 0 unspecified atom stereocenters. The van der Waals surface area contributed by atoms with Crippen LogP contribution in [0, 0.1) is 18.3 Å². The Bertz CT molecular complexity index is 1770. The van der Waals surface area contributed by atoms with E-state index in [0.717, 1.165) is 47.1 Å². The molecule has 0 amide bonds. The van der Waals surface area contributed by atoms with E-state index in [9.17, 15) is 9.18 Å². The van der Waals surface area contributed by atoms with Crippen molar-refractivity contribution in [1.29, 1.82) is 0 Å². The smallest absolute Gasteiger partial charge is 0.288 e. The standard InChI is InChI=1S/C30H26FN5O2S/c1-18(36-29(37)26(31)14-25-24-13-22(32-2)6-7-27(24)39-30(25)36)20-4-3-5-21(12-20)28-34-15-23(16-35-28)38-17-19-8-10-33-11-9-19/h3-7,12-16,18-19,33H,8-11,17H2,1H3/t18-/m1/s1. The molecule has 1 aliphatic heterocycles. The average Bonchev–Trinajstić information content (AvgIpc) is 3.34. The highest BCUT2D eigenvalue weighted by molar-refractivity contribution is 7.25. The number of nitrogens with one attached hydrogen (secondary N) is 1. The molecule has 1 N–H and O–H groups in total. The fourth-order valence-electron chi connectivity index (χ4n) is 5.12. The molecule has 0 radical (unpaired) electrons. The van der Waals surface area contributed by atoms with Crippen molar-refractivity contribution >= 4 is 37.3 Å². The van der Waals surface area contributed by atoms with Gasteiger partial charge in [-0.1, -0.05) is 30.3 Å². The highest BCUT2D eigenvalue weighted by Crippen LogP contribution is 2.37. The lowest BCUT2D eigenvalue weighted by molar-refractivity contribution is 0.214. The van der Waals surface area contributed by atoms with Crippen LogP contribution in [0.15, 0.2) is 65.7 Å². The molecule has 6 rings (SSSR count). The number of halogens is 1. The number of pyridine rings is 1. The minimum absolute atomic E-state index is 0.448. The topological polar surface area (TPSA) is 73.4 Å². The largest absolute Gasteiger partial charge is 0.490 e. The fourth-order valence-corrected chi connectivity index (χ4v) is 6.36. The number of fused-ring (bicyclic) bond motifs is 3. The van der Waals surface area contributed by atoms with Gasteiger partial charge >= 0.3 is 0 Å². The van der Waals surface area contributed by atoms with Crippen LogP contribution in [0.3, 0.4) is 0 Å². The lowest BCUT2D eigenvalue weighted by Gasteiger charge is -2.22. The van der Waals surface area contributed by atoms with Gasteiger partial charge in [0.15, 0.2) is 23.1 Å². The van der Waals surface area contributed by atoms with Crippen LogP contribution in [0.1, 0.15) is 31.4 Å². The molecule has 1 aliphatic rings. The molecule has 3 aromatic heterocycles. The Kier molecular flexibility index (Phi) is 6.81. The third-order valence-corrected chi connectivity index (χ3v) is 8.51. The molecule has 5 aromatic rings. The maximum absolute atomic E-state index is 14.9. The summed E-state index contributed by atoms with van der Waals surface area (Å²) in [5.41, 5.74) is 1.42. The van der Waals surface area contributed by atoms with Crippen molar-refractivity contribution in [2.24, 2.45) is 5.92 Å². The molecule has 0 bridgehead atoms. The van der Waals surface area contributed by atoms with Crippen molar-refractivity contribution in [2.45, 2.75) is 25.8 Å². The van der Waals surface area contributed by atoms with E-state index in [0.29, 0.717) is 40.0 Å². The normalized spacial score (nSPS) is 14.9. The lowest BCUT2D eigenvalue weighted by atomic mass is 9.99. The average molecular weight is 540 g/mol. The first-order valence-corrected chi connectivity index (χ1v) is 13.7. The van der Waals surface area contributed by atoms with Gasteiger partial charge in [-0.2, -0.15) is 0 Å². The Balaban J connectivity index is 1.31. The van der Waals surface area contributed by atoms with Gasteiger partial charge in [0.25, 0.3) is 5.56 Å². The van der Waals surface area contributed by atoms with Gasteiger partial charge in [-0.05, 0) is 67.9 Å². The van der Waals surface area contributed by atoms with Crippen molar-refractivity contribution in [3.63, 3.8) is 0 Å². The van der Waals surface area contributed by atoms with Crippen molar-refractivity contribution in [3.8, 4) is 17.1 Å². The number of hydrogen-bond donors (Lipinski definition) is 1. The van der Waals surface area contributed by atoms with Crippen molar-refractivity contribution in [3.05, 3.63) is 94.1 Å². The Morgan fingerprint density at radius 3 is 2.72 bits per heavy atom. The molecule has 9 heteroatoms. The Hall–Kier alpha value is -4.13. The lowest BCUT2D eigenvalue weighted by Crippen LogP contribution is -2.30.